The first-order valence-electron chi connectivity index (χ1n) is 10.3. The number of rotatable bonds is 5. The average molecular weight is 391 g/mol. The summed E-state index contributed by atoms with van der Waals surface area (Å²) in [7, 11) is 0. The lowest BCUT2D eigenvalue weighted by molar-refractivity contribution is 0.00212. The minimum absolute atomic E-state index is 0.0710. The molecule has 3 saturated heterocycles. The lowest BCUT2D eigenvalue weighted by atomic mass is 9.73. The molecule has 0 saturated carbocycles. The summed E-state index contributed by atoms with van der Waals surface area (Å²) in [6, 6.07) is 11.8. The molecule has 1 aromatic heterocycles. The van der Waals surface area contributed by atoms with E-state index >= 15 is 0 Å². The summed E-state index contributed by atoms with van der Waals surface area (Å²) >= 11 is 0. The van der Waals surface area contributed by atoms with Gasteiger partial charge in [-0.3, -0.25) is 9.69 Å². The zero-order chi connectivity index (χ0) is 20.0. The van der Waals surface area contributed by atoms with Crippen LogP contribution in [0.1, 0.15) is 40.1 Å². The zero-order valence-corrected chi connectivity index (χ0v) is 16.6. The van der Waals surface area contributed by atoms with Gasteiger partial charge in [-0.1, -0.05) is 12.1 Å². The van der Waals surface area contributed by atoms with E-state index in [4.69, 9.17) is 14.4 Å². The molecule has 4 atom stereocenters. The van der Waals surface area contributed by atoms with Crippen molar-refractivity contribution >= 4 is 5.91 Å². The maximum Gasteiger partial charge on any atom is 0.254 e. The van der Waals surface area contributed by atoms with Gasteiger partial charge in [-0.05, 0) is 43.5 Å². The number of nitrogens with one attached hydrogen (secondary N) is 1. The van der Waals surface area contributed by atoms with Crippen molar-refractivity contribution in [1.29, 1.82) is 5.26 Å². The van der Waals surface area contributed by atoms with Gasteiger partial charge in [0.2, 0.25) is 0 Å². The summed E-state index contributed by atoms with van der Waals surface area (Å²) in [4.78, 5) is 14.9. The monoisotopic (exact) mass is 391 g/mol. The smallest absolute Gasteiger partial charge is 0.254 e. The fourth-order valence-electron chi connectivity index (χ4n) is 5.60. The van der Waals surface area contributed by atoms with Crippen LogP contribution >= 0.6 is 0 Å². The molecule has 3 aliphatic heterocycles. The fourth-order valence-corrected chi connectivity index (χ4v) is 5.60. The highest BCUT2D eigenvalue weighted by Gasteiger charge is 2.62. The maximum atomic E-state index is 12.5. The topological polar surface area (TPSA) is 78.5 Å². The zero-order valence-electron chi connectivity index (χ0n) is 16.6. The molecule has 150 valence electrons. The van der Waals surface area contributed by atoms with E-state index in [0.717, 1.165) is 38.0 Å². The molecule has 0 aliphatic carbocycles. The second-order valence-corrected chi connectivity index (χ2v) is 8.61. The molecule has 1 spiro atoms. The Kier molecular flexibility index (Phi) is 4.45. The third-order valence-electron chi connectivity index (χ3n) is 6.92. The minimum atomic E-state index is -0.0729. The lowest BCUT2D eigenvalue weighted by Gasteiger charge is -2.29. The van der Waals surface area contributed by atoms with Gasteiger partial charge in [-0.15, -0.1) is 0 Å². The van der Waals surface area contributed by atoms with E-state index < -0.39 is 0 Å². The number of furan rings is 1. The van der Waals surface area contributed by atoms with Crippen LogP contribution in [0, 0.1) is 30.1 Å². The molecule has 0 radical (unpaired) electrons. The maximum absolute atomic E-state index is 12.5. The number of amides is 1. The quantitative estimate of drug-likeness (QED) is 0.848. The molecule has 3 aliphatic rings. The molecule has 29 heavy (non-hydrogen) atoms. The van der Waals surface area contributed by atoms with Crippen molar-refractivity contribution in [2.45, 2.75) is 38.0 Å². The van der Waals surface area contributed by atoms with Crippen LogP contribution in [-0.4, -0.2) is 42.1 Å². The number of fused-ring (bicyclic) bond motifs is 1. The van der Waals surface area contributed by atoms with Crippen molar-refractivity contribution in [2.75, 3.05) is 19.6 Å². The summed E-state index contributed by atoms with van der Waals surface area (Å²) in [5, 5.41) is 12.2. The summed E-state index contributed by atoms with van der Waals surface area (Å²) in [6.07, 6.45) is 3.97. The molecule has 4 heterocycles. The molecule has 1 N–H and O–H groups in total. The van der Waals surface area contributed by atoms with E-state index in [2.05, 4.69) is 22.4 Å². The van der Waals surface area contributed by atoms with Gasteiger partial charge in [-0.25, -0.2) is 0 Å². The van der Waals surface area contributed by atoms with Gasteiger partial charge in [0.1, 0.15) is 5.76 Å². The number of hydrogen-bond acceptors (Lipinski definition) is 5. The molecule has 2 bridgehead atoms. The number of nitriles is 1. The summed E-state index contributed by atoms with van der Waals surface area (Å²) in [6.45, 7) is 5.17. The molecule has 1 amide bonds. The molecule has 5 rings (SSSR count). The Morgan fingerprint density at radius 1 is 1.41 bits per heavy atom. The van der Waals surface area contributed by atoms with Crippen LogP contribution in [0.3, 0.4) is 0 Å². The third kappa shape index (κ3) is 3.15. The Hall–Kier alpha value is -2.62. The Morgan fingerprint density at radius 2 is 2.31 bits per heavy atom. The predicted octanol–water partition coefficient (Wildman–Crippen LogP) is 2.87. The minimum Gasteiger partial charge on any atom is -0.469 e. The van der Waals surface area contributed by atoms with Crippen molar-refractivity contribution in [2.24, 2.45) is 11.8 Å². The van der Waals surface area contributed by atoms with Gasteiger partial charge in [-0.2, -0.15) is 5.26 Å². The lowest BCUT2D eigenvalue weighted by Crippen LogP contribution is -2.41. The van der Waals surface area contributed by atoms with Gasteiger partial charge in [0.25, 0.3) is 5.91 Å². The Labute approximate surface area is 170 Å². The number of ether oxygens (including phenoxy) is 1. The highest BCUT2D eigenvalue weighted by atomic mass is 16.5. The first-order valence-corrected chi connectivity index (χ1v) is 10.3. The van der Waals surface area contributed by atoms with Crippen LogP contribution in [0.4, 0.5) is 0 Å². The number of likely N-dealkylation sites (tertiary alicyclic amines) is 1. The van der Waals surface area contributed by atoms with Crippen LogP contribution in [0.5, 0.6) is 0 Å². The first kappa shape index (κ1) is 18.4. The van der Waals surface area contributed by atoms with E-state index in [-0.39, 0.29) is 17.6 Å². The largest absolute Gasteiger partial charge is 0.469 e. The Bertz CT molecular complexity index is 978. The SMILES string of the molecule is Cc1occc1C(=O)NC[C@H]1[C@H]2CN(Cc3cccc(C#N)c3)C[C@]23CC[C@H]1O3. The Morgan fingerprint density at radius 3 is 3.10 bits per heavy atom. The summed E-state index contributed by atoms with van der Waals surface area (Å²) < 4.78 is 11.7. The number of benzene rings is 1. The van der Waals surface area contributed by atoms with E-state index in [9.17, 15) is 4.79 Å². The number of nitrogens with zero attached hydrogens (tertiary/aromatic N) is 2. The predicted molar refractivity (Wildman–Crippen MR) is 106 cm³/mol. The number of carbonyl (C=O) groups excluding carboxylic acids is 1. The van der Waals surface area contributed by atoms with Crippen molar-refractivity contribution in [3.63, 3.8) is 0 Å². The number of aryl methyl sites for hydroxylation is 1. The van der Waals surface area contributed by atoms with Crippen molar-refractivity contribution in [1.82, 2.24) is 10.2 Å². The fraction of sp³-hybridized carbons (Fsp3) is 0.478. The van der Waals surface area contributed by atoms with Gasteiger partial charge >= 0.3 is 0 Å². The number of carbonyl (C=O) groups is 1. The van der Waals surface area contributed by atoms with Crippen LogP contribution < -0.4 is 5.32 Å². The van der Waals surface area contributed by atoms with Crippen LogP contribution in [0.25, 0.3) is 0 Å². The van der Waals surface area contributed by atoms with Crippen molar-refractivity contribution in [3.8, 4) is 6.07 Å². The molecule has 6 nitrogen and oxygen atoms in total. The third-order valence-corrected chi connectivity index (χ3v) is 6.92. The normalized spacial score (nSPS) is 30.3. The van der Waals surface area contributed by atoms with Crippen molar-refractivity contribution in [3.05, 3.63) is 59.0 Å². The van der Waals surface area contributed by atoms with Gasteiger partial charge in [0.05, 0.1) is 35.2 Å². The van der Waals surface area contributed by atoms with Crippen LogP contribution in [-0.2, 0) is 11.3 Å². The molecular formula is C23H25N3O3. The van der Waals surface area contributed by atoms with E-state index in [1.165, 1.54) is 0 Å². The van der Waals surface area contributed by atoms with E-state index in [1.54, 1.807) is 19.3 Å². The molecule has 0 unspecified atom stereocenters. The van der Waals surface area contributed by atoms with E-state index in [0.29, 0.717) is 35.3 Å². The second kappa shape index (κ2) is 7.01. The standard InChI is InChI=1S/C23H25N3O3/c1-15-18(6-8-28-15)22(27)25-11-19-20-13-26(14-23(20)7-5-21(19)29-23)12-17-4-2-3-16(9-17)10-24/h2-4,6,8-9,19-21H,5,7,11-14H2,1H3,(H,25,27)/t19-,20+,21+,23+/m0/s1. The van der Waals surface area contributed by atoms with E-state index in [1.807, 2.05) is 18.2 Å². The molecule has 6 heteroatoms. The summed E-state index contributed by atoms with van der Waals surface area (Å²) in [5.74, 6) is 1.35. The summed E-state index contributed by atoms with van der Waals surface area (Å²) in [5.41, 5.74) is 2.40. The van der Waals surface area contributed by atoms with Gasteiger partial charge in [0, 0.05) is 38.0 Å². The number of hydrogen-bond donors (Lipinski definition) is 1. The van der Waals surface area contributed by atoms with Gasteiger partial charge in [0.15, 0.2) is 0 Å². The highest BCUT2D eigenvalue weighted by Crippen LogP contribution is 2.54. The molecular weight excluding hydrogens is 366 g/mol. The molecule has 3 fully saturated rings. The average Bonchev–Trinajstić information content (AvgIpc) is 3.46. The van der Waals surface area contributed by atoms with Crippen molar-refractivity contribution < 1.29 is 13.9 Å². The van der Waals surface area contributed by atoms with Crippen LogP contribution in [0.15, 0.2) is 41.0 Å². The second-order valence-electron chi connectivity index (χ2n) is 8.61. The molecule has 1 aromatic carbocycles. The molecule has 2 aromatic rings. The first-order chi connectivity index (χ1) is 14.1. The van der Waals surface area contributed by atoms with Crippen LogP contribution in [0.2, 0.25) is 0 Å². The van der Waals surface area contributed by atoms with Gasteiger partial charge < -0.3 is 14.5 Å². The Balaban J connectivity index is 1.26. The highest BCUT2D eigenvalue weighted by molar-refractivity contribution is 5.95.